The zero-order valence-corrected chi connectivity index (χ0v) is 16.3. The van der Waals surface area contributed by atoms with E-state index in [0.29, 0.717) is 35.8 Å². The lowest BCUT2D eigenvalue weighted by Crippen LogP contribution is -2.48. The highest BCUT2D eigenvalue weighted by Crippen LogP contribution is 2.29. The number of ether oxygens (including phenoxy) is 2. The van der Waals surface area contributed by atoms with E-state index in [4.69, 9.17) is 9.47 Å². The Hall–Kier alpha value is -3.29. The fraction of sp³-hybridized carbons (Fsp3) is 0.350. The number of methoxy groups -OCH3 is 2. The number of nitrogens with zero attached hydrogens (tertiary/aromatic N) is 3. The number of rotatable bonds is 5. The van der Waals surface area contributed by atoms with Gasteiger partial charge in [0, 0.05) is 45.4 Å². The van der Waals surface area contributed by atoms with Gasteiger partial charge in [0.2, 0.25) is 5.91 Å². The van der Waals surface area contributed by atoms with Gasteiger partial charge in [-0.2, -0.15) is 0 Å². The van der Waals surface area contributed by atoms with E-state index in [-0.39, 0.29) is 11.8 Å². The number of amides is 2. The predicted octanol–water partition coefficient (Wildman–Crippen LogP) is 2.02. The highest BCUT2D eigenvalue weighted by Gasteiger charge is 2.20. The van der Waals surface area contributed by atoms with E-state index in [1.54, 1.807) is 51.6 Å². The smallest absolute Gasteiger partial charge is 0.257 e. The number of benzene rings is 1. The van der Waals surface area contributed by atoms with E-state index in [1.807, 2.05) is 11.0 Å². The van der Waals surface area contributed by atoms with Gasteiger partial charge in [0.1, 0.15) is 17.3 Å². The molecule has 0 saturated carbocycles. The Bertz CT molecular complexity index is 846. The Morgan fingerprint density at radius 3 is 2.36 bits per heavy atom. The molecular weight excluding hydrogens is 360 g/mol. The lowest BCUT2D eigenvalue weighted by Gasteiger charge is -2.34. The van der Waals surface area contributed by atoms with Crippen molar-refractivity contribution >= 4 is 23.3 Å². The molecule has 8 nitrogen and oxygen atoms in total. The fourth-order valence-corrected chi connectivity index (χ4v) is 3.06. The third-order valence-electron chi connectivity index (χ3n) is 4.71. The van der Waals surface area contributed by atoms with Crippen LogP contribution in [0.25, 0.3) is 0 Å². The summed E-state index contributed by atoms with van der Waals surface area (Å²) in [5.41, 5.74) is 0.965. The summed E-state index contributed by atoms with van der Waals surface area (Å²) in [5, 5.41) is 2.83. The molecule has 1 aliphatic rings. The summed E-state index contributed by atoms with van der Waals surface area (Å²) in [7, 11) is 3.10. The molecule has 2 aromatic rings. The number of pyridine rings is 1. The van der Waals surface area contributed by atoms with Crippen LogP contribution in [-0.2, 0) is 4.79 Å². The second-order valence-electron chi connectivity index (χ2n) is 6.42. The first-order valence-electron chi connectivity index (χ1n) is 9.01. The molecule has 148 valence electrons. The molecule has 1 aliphatic heterocycles. The zero-order valence-electron chi connectivity index (χ0n) is 16.3. The van der Waals surface area contributed by atoms with Gasteiger partial charge < -0.3 is 24.6 Å². The van der Waals surface area contributed by atoms with E-state index in [0.717, 1.165) is 18.9 Å². The highest BCUT2D eigenvalue weighted by molar-refractivity contribution is 6.05. The lowest BCUT2D eigenvalue weighted by molar-refractivity contribution is -0.129. The predicted molar refractivity (Wildman–Crippen MR) is 106 cm³/mol. The van der Waals surface area contributed by atoms with Crippen LogP contribution in [0.1, 0.15) is 17.3 Å². The first-order valence-corrected chi connectivity index (χ1v) is 9.01. The molecule has 28 heavy (non-hydrogen) atoms. The van der Waals surface area contributed by atoms with Crippen molar-refractivity contribution in [3.8, 4) is 11.5 Å². The van der Waals surface area contributed by atoms with Gasteiger partial charge in [0.05, 0.1) is 25.5 Å². The van der Waals surface area contributed by atoms with Crippen LogP contribution < -0.4 is 19.7 Å². The summed E-state index contributed by atoms with van der Waals surface area (Å²) in [6.45, 7) is 4.38. The second-order valence-corrected chi connectivity index (χ2v) is 6.42. The molecule has 2 amide bonds. The Kier molecular flexibility index (Phi) is 5.98. The molecule has 0 aliphatic carbocycles. The van der Waals surface area contributed by atoms with E-state index >= 15 is 0 Å². The third kappa shape index (κ3) is 4.33. The van der Waals surface area contributed by atoms with Gasteiger partial charge >= 0.3 is 0 Å². The van der Waals surface area contributed by atoms with Crippen molar-refractivity contribution in [2.24, 2.45) is 0 Å². The van der Waals surface area contributed by atoms with Crippen LogP contribution in [0.5, 0.6) is 11.5 Å². The maximum Gasteiger partial charge on any atom is 0.257 e. The minimum atomic E-state index is -0.285. The quantitative estimate of drug-likeness (QED) is 0.849. The summed E-state index contributed by atoms with van der Waals surface area (Å²) in [6.07, 6.45) is 1.55. The van der Waals surface area contributed by atoms with Crippen molar-refractivity contribution in [3.63, 3.8) is 0 Å². The van der Waals surface area contributed by atoms with Crippen molar-refractivity contribution in [2.75, 3.05) is 50.6 Å². The van der Waals surface area contributed by atoms with Gasteiger partial charge in [-0.1, -0.05) is 0 Å². The molecule has 1 fully saturated rings. The first-order chi connectivity index (χ1) is 13.5. The first kappa shape index (κ1) is 19.5. The summed E-state index contributed by atoms with van der Waals surface area (Å²) in [4.78, 5) is 32.4. The van der Waals surface area contributed by atoms with E-state index in [1.165, 1.54) is 0 Å². The number of hydrogen-bond acceptors (Lipinski definition) is 6. The Morgan fingerprint density at radius 2 is 1.79 bits per heavy atom. The van der Waals surface area contributed by atoms with Crippen molar-refractivity contribution in [3.05, 3.63) is 42.1 Å². The molecule has 0 atom stereocenters. The van der Waals surface area contributed by atoms with Crippen LogP contribution in [0.3, 0.4) is 0 Å². The largest absolute Gasteiger partial charge is 0.497 e. The summed E-state index contributed by atoms with van der Waals surface area (Å²) >= 11 is 0. The van der Waals surface area contributed by atoms with Crippen molar-refractivity contribution in [1.82, 2.24) is 9.88 Å². The average Bonchev–Trinajstić information content (AvgIpc) is 2.73. The normalized spacial score (nSPS) is 13.8. The molecule has 1 aromatic heterocycles. The minimum Gasteiger partial charge on any atom is -0.497 e. The van der Waals surface area contributed by atoms with Crippen molar-refractivity contribution in [1.29, 1.82) is 0 Å². The van der Waals surface area contributed by atoms with Gasteiger partial charge in [0.15, 0.2) is 0 Å². The Morgan fingerprint density at radius 1 is 1.04 bits per heavy atom. The Balaban J connectivity index is 1.67. The van der Waals surface area contributed by atoms with Crippen LogP contribution in [0.2, 0.25) is 0 Å². The minimum absolute atomic E-state index is 0.0904. The second kappa shape index (κ2) is 8.60. The topological polar surface area (TPSA) is 84.0 Å². The number of anilines is 2. The highest BCUT2D eigenvalue weighted by atomic mass is 16.5. The number of nitrogens with one attached hydrogen (secondary N) is 1. The van der Waals surface area contributed by atoms with Crippen LogP contribution in [0.15, 0.2) is 36.5 Å². The number of piperazine rings is 1. The number of hydrogen-bond donors (Lipinski definition) is 1. The molecule has 0 bridgehead atoms. The van der Waals surface area contributed by atoms with Gasteiger partial charge in [-0.3, -0.25) is 9.59 Å². The molecule has 3 rings (SSSR count). The third-order valence-corrected chi connectivity index (χ3v) is 4.71. The zero-order chi connectivity index (χ0) is 20.1. The monoisotopic (exact) mass is 384 g/mol. The van der Waals surface area contributed by atoms with Crippen LogP contribution in [0, 0.1) is 0 Å². The lowest BCUT2D eigenvalue weighted by atomic mass is 10.2. The van der Waals surface area contributed by atoms with E-state index in [2.05, 4.69) is 15.2 Å². The maximum absolute atomic E-state index is 12.6. The van der Waals surface area contributed by atoms with Gasteiger partial charge in [-0.05, 0) is 24.3 Å². The standard InChI is InChI=1S/C20H24N4O4/c1-14(25)23-8-10-24(11-9-23)19-7-4-15(13-21-19)20(26)22-17-12-16(27-2)5-6-18(17)28-3/h4-7,12-13H,8-11H2,1-3H3,(H,22,26). The maximum atomic E-state index is 12.6. The number of carbonyl (C=O) groups excluding carboxylic acids is 2. The molecule has 1 aromatic carbocycles. The van der Waals surface area contributed by atoms with Crippen LogP contribution in [0.4, 0.5) is 11.5 Å². The van der Waals surface area contributed by atoms with Crippen molar-refractivity contribution in [2.45, 2.75) is 6.92 Å². The van der Waals surface area contributed by atoms with Crippen LogP contribution >= 0.6 is 0 Å². The molecule has 2 heterocycles. The summed E-state index contributed by atoms with van der Waals surface area (Å²) < 4.78 is 10.5. The molecule has 0 radical (unpaired) electrons. The van der Waals surface area contributed by atoms with Crippen molar-refractivity contribution < 1.29 is 19.1 Å². The van der Waals surface area contributed by atoms with Gasteiger partial charge in [-0.15, -0.1) is 0 Å². The number of aromatic nitrogens is 1. The molecule has 1 saturated heterocycles. The number of carbonyl (C=O) groups is 2. The molecule has 1 N–H and O–H groups in total. The van der Waals surface area contributed by atoms with E-state index in [9.17, 15) is 9.59 Å². The molecule has 0 spiro atoms. The molecule has 8 heteroatoms. The van der Waals surface area contributed by atoms with Gasteiger partial charge in [-0.25, -0.2) is 4.98 Å². The summed E-state index contributed by atoms with van der Waals surface area (Å²) in [5.74, 6) is 1.76. The average molecular weight is 384 g/mol. The molecule has 0 unspecified atom stereocenters. The van der Waals surface area contributed by atoms with E-state index < -0.39 is 0 Å². The Labute approximate surface area is 164 Å². The summed E-state index contributed by atoms with van der Waals surface area (Å²) in [6, 6.07) is 8.75. The fourth-order valence-electron chi connectivity index (χ4n) is 3.06. The van der Waals surface area contributed by atoms with Gasteiger partial charge in [0.25, 0.3) is 5.91 Å². The van der Waals surface area contributed by atoms with Crippen LogP contribution in [-0.4, -0.2) is 62.1 Å². The molecular formula is C20H24N4O4. The SMILES string of the molecule is COc1ccc(OC)c(NC(=O)c2ccc(N3CCN(C(C)=O)CC3)nc2)c1.